The van der Waals surface area contributed by atoms with E-state index in [2.05, 4.69) is 5.32 Å². The first-order valence-corrected chi connectivity index (χ1v) is 8.14. The number of hydrogen-bond acceptors (Lipinski definition) is 5. The van der Waals surface area contributed by atoms with Crippen molar-refractivity contribution in [2.24, 2.45) is 0 Å². The first-order chi connectivity index (χ1) is 10.9. The van der Waals surface area contributed by atoms with Gasteiger partial charge in [0.25, 0.3) is 0 Å². The lowest BCUT2D eigenvalue weighted by Gasteiger charge is -2.27. The van der Waals surface area contributed by atoms with Crippen molar-refractivity contribution in [1.82, 2.24) is 10.2 Å². The number of carbonyl (C=O) groups is 3. The van der Waals surface area contributed by atoms with E-state index in [0.717, 1.165) is 0 Å². The minimum atomic E-state index is -1.58. The molecule has 1 atom stereocenters. The molecule has 0 aromatic heterocycles. The standard InChI is InChI=1S/C15H18N2O5S/c1-15(14(20)21,9-22-11-5-3-2-4-6-11)16-12(18)7-17-10-23-8-13(17)19/h2-6H,7-10H2,1H3,(H,16,18)(H,20,21)/t15-/m1/s1. The van der Waals surface area contributed by atoms with Gasteiger partial charge in [-0.3, -0.25) is 9.59 Å². The van der Waals surface area contributed by atoms with E-state index in [1.165, 1.54) is 23.6 Å². The number of amides is 2. The number of nitrogens with zero attached hydrogens (tertiary/aromatic N) is 1. The lowest BCUT2D eigenvalue weighted by atomic mass is 10.0. The molecule has 0 spiro atoms. The maximum absolute atomic E-state index is 12.0. The van der Waals surface area contributed by atoms with Crippen LogP contribution < -0.4 is 10.1 Å². The highest BCUT2D eigenvalue weighted by molar-refractivity contribution is 8.00. The highest BCUT2D eigenvalue weighted by Gasteiger charge is 2.37. The summed E-state index contributed by atoms with van der Waals surface area (Å²) in [7, 11) is 0. The van der Waals surface area contributed by atoms with Gasteiger partial charge in [0.05, 0.1) is 11.6 Å². The second kappa shape index (κ2) is 7.36. The number of rotatable bonds is 7. The molecule has 0 aliphatic carbocycles. The molecule has 7 nitrogen and oxygen atoms in total. The summed E-state index contributed by atoms with van der Waals surface area (Å²) >= 11 is 1.42. The van der Waals surface area contributed by atoms with Gasteiger partial charge in [0.15, 0.2) is 5.54 Å². The molecule has 2 rings (SSSR count). The van der Waals surface area contributed by atoms with Gasteiger partial charge < -0.3 is 20.1 Å². The molecule has 1 aliphatic rings. The first kappa shape index (κ1) is 17.1. The van der Waals surface area contributed by atoms with E-state index in [1.807, 2.05) is 6.07 Å². The molecule has 1 fully saturated rings. The van der Waals surface area contributed by atoms with Crippen LogP contribution in [0.25, 0.3) is 0 Å². The summed E-state index contributed by atoms with van der Waals surface area (Å²) in [5.41, 5.74) is -1.58. The average molecular weight is 338 g/mol. The van der Waals surface area contributed by atoms with Crippen LogP contribution in [0.4, 0.5) is 0 Å². The number of hydrogen-bond donors (Lipinski definition) is 2. The molecule has 124 valence electrons. The SMILES string of the molecule is C[C@](COc1ccccc1)(NC(=O)CN1CSCC1=O)C(=O)O. The van der Waals surface area contributed by atoms with Crippen molar-refractivity contribution < 1.29 is 24.2 Å². The summed E-state index contributed by atoms with van der Waals surface area (Å²) in [5, 5.41) is 11.8. The minimum Gasteiger partial charge on any atom is -0.491 e. The van der Waals surface area contributed by atoms with Crippen molar-refractivity contribution in [2.45, 2.75) is 12.5 Å². The molecule has 1 saturated heterocycles. The largest absolute Gasteiger partial charge is 0.491 e. The maximum atomic E-state index is 12.0. The Hall–Kier alpha value is -2.22. The summed E-state index contributed by atoms with van der Waals surface area (Å²) in [6.45, 7) is 0.998. The molecule has 0 unspecified atom stereocenters. The Kier molecular flexibility index (Phi) is 5.49. The number of nitrogens with one attached hydrogen (secondary N) is 1. The molecule has 1 aliphatic heterocycles. The monoisotopic (exact) mass is 338 g/mol. The highest BCUT2D eigenvalue weighted by Crippen LogP contribution is 2.15. The van der Waals surface area contributed by atoms with Crippen molar-refractivity contribution >= 4 is 29.5 Å². The number of thioether (sulfide) groups is 1. The Morgan fingerprint density at radius 1 is 1.39 bits per heavy atom. The van der Waals surface area contributed by atoms with Crippen LogP contribution in [0.1, 0.15) is 6.92 Å². The zero-order chi connectivity index (χ0) is 16.9. The molecular formula is C15H18N2O5S. The summed E-state index contributed by atoms with van der Waals surface area (Å²) in [6.07, 6.45) is 0. The zero-order valence-electron chi connectivity index (χ0n) is 12.7. The van der Waals surface area contributed by atoms with Gasteiger partial charge in [-0.2, -0.15) is 0 Å². The Balaban J connectivity index is 1.94. The molecule has 1 heterocycles. The number of ether oxygens (including phenoxy) is 1. The predicted octanol–water partition coefficient (Wildman–Crippen LogP) is 0.558. The van der Waals surface area contributed by atoms with E-state index in [4.69, 9.17) is 4.74 Å². The van der Waals surface area contributed by atoms with Crippen LogP contribution in [0.5, 0.6) is 5.75 Å². The minimum absolute atomic E-state index is 0.122. The molecule has 8 heteroatoms. The van der Waals surface area contributed by atoms with Crippen molar-refractivity contribution in [1.29, 1.82) is 0 Å². The third-order valence-corrected chi connectivity index (χ3v) is 4.26. The topological polar surface area (TPSA) is 95.9 Å². The number of aliphatic carboxylic acids is 1. The van der Waals surface area contributed by atoms with Crippen molar-refractivity contribution in [3.8, 4) is 5.75 Å². The van der Waals surface area contributed by atoms with E-state index in [9.17, 15) is 19.5 Å². The Morgan fingerprint density at radius 2 is 2.09 bits per heavy atom. The molecule has 23 heavy (non-hydrogen) atoms. The van der Waals surface area contributed by atoms with Gasteiger partial charge in [0.2, 0.25) is 11.8 Å². The number of carboxylic acid groups (broad SMARTS) is 1. The van der Waals surface area contributed by atoms with Crippen LogP contribution in [0, 0.1) is 0 Å². The zero-order valence-corrected chi connectivity index (χ0v) is 13.5. The molecule has 0 saturated carbocycles. The predicted molar refractivity (Wildman–Crippen MR) is 85.2 cm³/mol. The fourth-order valence-electron chi connectivity index (χ4n) is 1.96. The number of benzene rings is 1. The third-order valence-electron chi connectivity index (χ3n) is 3.32. The van der Waals surface area contributed by atoms with E-state index >= 15 is 0 Å². The van der Waals surface area contributed by atoms with Crippen molar-refractivity contribution in [3.63, 3.8) is 0 Å². The lowest BCUT2D eigenvalue weighted by Crippen LogP contribution is -2.58. The smallest absolute Gasteiger partial charge is 0.332 e. The van der Waals surface area contributed by atoms with Gasteiger partial charge in [-0.15, -0.1) is 11.8 Å². The molecule has 0 radical (unpaired) electrons. The molecule has 1 aromatic carbocycles. The van der Waals surface area contributed by atoms with Gasteiger partial charge in [-0.05, 0) is 19.1 Å². The summed E-state index contributed by atoms with van der Waals surface area (Å²) < 4.78 is 5.44. The van der Waals surface area contributed by atoms with E-state index in [-0.39, 0.29) is 19.1 Å². The van der Waals surface area contributed by atoms with Gasteiger partial charge in [-0.25, -0.2) is 4.79 Å². The number of carboxylic acids is 1. The van der Waals surface area contributed by atoms with Crippen molar-refractivity contribution in [2.75, 3.05) is 24.8 Å². The fourth-order valence-corrected chi connectivity index (χ4v) is 2.86. The van der Waals surface area contributed by atoms with Crippen LogP contribution in [-0.2, 0) is 14.4 Å². The summed E-state index contributed by atoms with van der Waals surface area (Å²) in [5.74, 6) is -0.550. The van der Waals surface area contributed by atoms with Crippen LogP contribution in [0.15, 0.2) is 30.3 Å². The normalized spacial score (nSPS) is 16.7. The summed E-state index contributed by atoms with van der Waals surface area (Å²) in [6, 6.07) is 8.75. The molecule has 2 amide bonds. The summed E-state index contributed by atoms with van der Waals surface area (Å²) in [4.78, 5) is 36.4. The second-order valence-corrected chi connectivity index (χ2v) is 6.31. The van der Waals surface area contributed by atoms with Gasteiger partial charge in [0.1, 0.15) is 18.9 Å². The Bertz CT molecular complexity index is 595. The molecule has 0 bridgehead atoms. The van der Waals surface area contributed by atoms with Gasteiger partial charge in [0, 0.05) is 0 Å². The quantitative estimate of drug-likeness (QED) is 0.754. The lowest BCUT2D eigenvalue weighted by molar-refractivity contribution is -0.148. The fraction of sp³-hybridized carbons (Fsp3) is 0.400. The van der Waals surface area contributed by atoms with E-state index < -0.39 is 17.4 Å². The Morgan fingerprint density at radius 3 is 2.65 bits per heavy atom. The van der Waals surface area contributed by atoms with Gasteiger partial charge >= 0.3 is 5.97 Å². The third kappa shape index (κ3) is 4.62. The van der Waals surface area contributed by atoms with Crippen LogP contribution in [0.2, 0.25) is 0 Å². The maximum Gasteiger partial charge on any atom is 0.332 e. The van der Waals surface area contributed by atoms with Crippen LogP contribution in [0.3, 0.4) is 0 Å². The number of para-hydroxylation sites is 1. The van der Waals surface area contributed by atoms with Gasteiger partial charge in [-0.1, -0.05) is 18.2 Å². The number of carbonyl (C=O) groups excluding carboxylic acids is 2. The van der Waals surface area contributed by atoms with E-state index in [1.54, 1.807) is 24.3 Å². The molecule has 1 aromatic rings. The molecule has 2 N–H and O–H groups in total. The second-order valence-electron chi connectivity index (χ2n) is 5.36. The van der Waals surface area contributed by atoms with Crippen LogP contribution >= 0.6 is 11.8 Å². The van der Waals surface area contributed by atoms with Crippen molar-refractivity contribution in [3.05, 3.63) is 30.3 Å². The van der Waals surface area contributed by atoms with Crippen LogP contribution in [-0.4, -0.2) is 58.1 Å². The highest BCUT2D eigenvalue weighted by atomic mass is 32.2. The molecular weight excluding hydrogens is 320 g/mol. The Labute approximate surface area is 138 Å². The first-order valence-electron chi connectivity index (χ1n) is 6.98. The average Bonchev–Trinajstić information content (AvgIpc) is 2.91. The van der Waals surface area contributed by atoms with E-state index in [0.29, 0.717) is 17.4 Å².